The fraction of sp³-hybridized carbons (Fsp3) is 0.364. The SMILES string of the molecule is COc1ccc(C(=O)Nc2cccc(CNCCNC(=O)C(C)(C)C)c2)cc1. The summed E-state index contributed by atoms with van der Waals surface area (Å²) in [4.78, 5) is 24.2. The Morgan fingerprint density at radius 2 is 1.71 bits per heavy atom. The zero-order chi connectivity index (χ0) is 20.6. The summed E-state index contributed by atoms with van der Waals surface area (Å²) in [6.45, 7) is 7.57. The summed E-state index contributed by atoms with van der Waals surface area (Å²) in [5, 5.41) is 9.10. The Labute approximate surface area is 166 Å². The van der Waals surface area contributed by atoms with Crippen LogP contribution in [0, 0.1) is 5.41 Å². The molecule has 0 unspecified atom stereocenters. The van der Waals surface area contributed by atoms with Gasteiger partial charge in [0.15, 0.2) is 0 Å². The first-order chi connectivity index (χ1) is 13.3. The predicted octanol–water partition coefficient (Wildman–Crippen LogP) is 3.20. The van der Waals surface area contributed by atoms with Crippen LogP contribution in [0.25, 0.3) is 0 Å². The highest BCUT2D eigenvalue weighted by molar-refractivity contribution is 6.04. The number of anilines is 1. The van der Waals surface area contributed by atoms with Crippen LogP contribution in [0.2, 0.25) is 0 Å². The van der Waals surface area contributed by atoms with Gasteiger partial charge in [0.2, 0.25) is 5.91 Å². The number of rotatable bonds is 8. The van der Waals surface area contributed by atoms with E-state index in [0.29, 0.717) is 30.9 Å². The Kier molecular flexibility index (Phi) is 7.58. The summed E-state index contributed by atoms with van der Waals surface area (Å²) in [6.07, 6.45) is 0. The molecule has 0 saturated carbocycles. The Morgan fingerprint density at radius 3 is 2.36 bits per heavy atom. The van der Waals surface area contributed by atoms with Crippen molar-refractivity contribution in [3.63, 3.8) is 0 Å². The molecule has 0 spiro atoms. The van der Waals surface area contributed by atoms with E-state index in [1.807, 2.05) is 45.0 Å². The number of ether oxygens (including phenoxy) is 1. The van der Waals surface area contributed by atoms with E-state index >= 15 is 0 Å². The van der Waals surface area contributed by atoms with Crippen LogP contribution in [0.4, 0.5) is 5.69 Å². The third-order valence-corrected chi connectivity index (χ3v) is 4.13. The van der Waals surface area contributed by atoms with E-state index in [4.69, 9.17) is 4.74 Å². The van der Waals surface area contributed by atoms with E-state index in [9.17, 15) is 9.59 Å². The smallest absolute Gasteiger partial charge is 0.255 e. The Hall–Kier alpha value is -2.86. The molecular formula is C22H29N3O3. The van der Waals surface area contributed by atoms with E-state index in [0.717, 1.165) is 11.3 Å². The Morgan fingerprint density at radius 1 is 1.00 bits per heavy atom. The average Bonchev–Trinajstić information content (AvgIpc) is 2.67. The molecule has 0 aliphatic rings. The lowest BCUT2D eigenvalue weighted by atomic mass is 9.96. The maximum atomic E-state index is 12.4. The Bertz CT molecular complexity index is 795. The van der Waals surface area contributed by atoms with Gasteiger partial charge in [0.1, 0.15) is 5.75 Å². The monoisotopic (exact) mass is 383 g/mol. The first kappa shape index (κ1) is 21.4. The van der Waals surface area contributed by atoms with Gasteiger partial charge in [-0.1, -0.05) is 32.9 Å². The number of methoxy groups -OCH3 is 1. The molecule has 0 aliphatic carbocycles. The molecule has 0 aromatic heterocycles. The lowest BCUT2D eigenvalue weighted by Gasteiger charge is -2.17. The van der Waals surface area contributed by atoms with Gasteiger partial charge in [-0.2, -0.15) is 0 Å². The largest absolute Gasteiger partial charge is 0.497 e. The predicted molar refractivity (Wildman–Crippen MR) is 112 cm³/mol. The maximum Gasteiger partial charge on any atom is 0.255 e. The molecule has 0 bridgehead atoms. The van der Waals surface area contributed by atoms with Crippen LogP contribution in [0.15, 0.2) is 48.5 Å². The quantitative estimate of drug-likeness (QED) is 0.612. The zero-order valence-electron chi connectivity index (χ0n) is 17.0. The Balaban J connectivity index is 1.81. The van der Waals surface area contributed by atoms with Crippen molar-refractivity contribution in [1.82, 2.24) is 10.6 Å². The molecule has 0 fully saturated rings. The summed E-state index contributed by atoms with van der Waals surface area (Å²) in [6, 6.07) is 14.7. The maximum absolute atomic E-state index is 12.4. The molecule has 6 heteroatoms. The van der Waals surface area contributed by atoms with Crippen molar-refractivity contribution in [1.29, 1.82) is 0 Å². The summed E-state index contributed by atoms with van der Waals surface area (Å²) in [7, 11) is 1.59. The molecule has 150 valence electrons. The van der Waals surface area contributed by atoms with Gasteiger partial charge in [-0.3, -0.25) is 9.59 Å². The fourth-order valence-corrected chi connectivity index (χ4v) is 2.47. The van der Waals surface area contributed by atoms with E-state index in [1.165, 1.54) is 0 Å². The number of hydrogen-bond acceptors (Lipinski definition) is 4. The van der Waals surface area contributed by atoms with Crippen molar-refractivity contribution in [3.8, 4) is 5.75 Å². The van der Waals surface area contributed by atoms with Crippen molar-refractivity contribution in [2.24, 2.45) is 5.41 Å². The highest BCUT2D eigenvalue weighted by atomic mass is 16.5. The first-order valence-electron chi connectivity index (χ1n) is 9.33. The van der Waals surface area contributed by atoms with Gasteiger partial charge in [-0.05, 0) is 42.0 Å². The summed E-state index contributed by atoms with van der Waals surface area (Å²) in [5.74, 6) is 0.582. The van der Waals surface area contributed by atoms with Crippen LogP contribution < -0.4 is 20.7 Å². The molecule has 2 aromatic carbocycles. The molecule has 3 N–H and O–H groups in total. The van der Waals surface area contributed by atoms with Crippen molar-refractivity contribution >= 4 is 17.5 Å². The number of nitrogens with one attached hydrogen (secondary N) is 3. The summed E-state index contributed by atoms with van der Waals surface area (Å²) < 4.78 is 5.11. The number of hydrogen-bond donors (Lipinski definition) is 3. The van der Waals surface area contributed by atoms with Crippen LogP contribution >= 0.6 is 0 Å². The lowest BCUT2D eigenvalue weighted by Crippen LogP contribution is -2.38. The highest BCUT2D eigenvalue weighted by Crippen LogP contribution is 2.15. The van der Waals surface area contributed by atoms with E-state index in [-0.39, 0.29) is 17.2 Å². The molecule has 0 heterocycles. The topological polar surface area (TPSA) is 79.5 Å². The minimum absolute atomic E-state index is 0.0394. The van der Waals surface area contributed by atoms with Crippen LogP contribution in [0.5, 0.6) is 5.75 Å². The number of benzene rings is 2. The van der Waals surface area contributed by atoms with Gasteiger partial charge < -0.3 is 20.7 Å². The molecule has 2 amide bonds. The third kappa shape index (κ3) is 6.70. The minimum atomic E-state index is -0.379. The molecule has 2 rings (SSSR count). The minimum Gasteiger partial charge on any atom is -0.497 e. The normalized spacial score (nSPS) is 11.0. The van der Waals surface area contributed by atoms with Crippen molar-refractivity contribution in [2.45, 2.75) is 27.3 Å². The second-order valence-electron chi connectivity index (χ2n) is 7.57. The summed E-state index contributed by atoms with van der Waals surface area (Å²) >= 11 is 0. The van der Waals surface area contributed by atoms with Gasteiger partial charge in [0.25, 0.3) is 5.91 Å². The van der Waals surface area contributed by atoms with E-state index in [1.54, 1.807) is 31.4 Å². The van der Waals surface area contributed by atoms with E-state index in [2.05, 4.69) is 16.0 Å². The molecule has 6 nitrogen and oxygen atoms in total. The van der Waals surface area contributed by atoms with Crippen LogP contribution in [0.1, 0.15) is 36.7 Å². The number of carbonyl (C=O) groups excluding carboxylic acids is 2. The first-order valence-corrected chi connectivity index (χ1v) is 9.33. The number of amides is 2. The van der Waals surface area contributed by atoms with Gasteiger partial charge in [-0.15, -0.1) is 0 Å². The zero-order valence-corrected chi connectivity index (χ0v) is 17.0. The standard InChI is InChI=1S/C22H29N3O3/c1-22(2,3)21(27)24-13-12-23-15-16-6-5-7-18(14-16)25-20(26)17-8-10-19(28-4)11-9-17/h5-11,14,23H,12-13,15H2,1-4H3,(H,24,27)(H,25,26). The molecule has 2 aromatic rings. The molecule has 0 atom stereocenters. The third-order valence-electron chi connectivity index (χ3n) is 4.13. The summed E-state index contributed by atoms with van der Waals surface area (Å²) in [5.41, 5.74) is 1.98. The van der Waals surface area contributed by atoms with Crippen molar-refractivity contribution < 1.29 is 14.3 Å². The average molecular weight is 383 g/mol. The molecular weight excluding hydrogens is 354 g/mol. The molecule has 0 aliphatic heterocycles. The van der Waals surface area contributed by atoms with Crippen LogP contribution in [-0.4, -0.2) is 32.0 Å². The second-order valence-corrected chi connectivity index (χ2v) is 7.57. The highest BCUT2D eigenvalue weighted by Gasteiger charge is 2.20. The fourth-order valence-electron chi connectivity index (χ4n) is 2.47. The van der Waals surface area contributed by atoms with E-state index < -0.39 is 0 Å². The van der Waals surface area contributed by atoms with Crippen molar-refractivity contribution in [3.05, 3.63) is 59.7 Å². The molecule has 28 heavy (non-hydrogen) atoms. The van der Waals surface area contributed by atoms with Crippen LogP contribution in [0.3, 0.4) is 0 Å². The number of carbonyl (C=O) groups is 2. The van der Waals surface area contributed by atoms with Crippen molar-refractivity contribution in [2.75, 3.05) is 25.5 Å². The van der Waals surface area contributed by atoms with Gasteiger partial charge >= 0.3 is 0 Å². The molecule has 0 radical (unpaired) electrons. The van der Waals surface area contributed by atoms with Gasteiger partial charge in [-0.25, -0.2) is 0 Å². The van der Waals surface area contributed by atoms with Gasteiger partial charge in [0.05, 0.1) is 7.11 Å². The molecule has 0 saturated heterocycles. The second kappa shape index (κ2) is 9.90. The van der Waals surface area contributed by atoms with Crippen LogP contribution in [-0.2, 0) is 11.3 Å². The van der Waals surface area contributed by atoms with Gasteiger partial charge in [0, 0.05) is 36.3 Å². The lowest BCUT2D eigenvalue weighted by molar-refractivity contribution is -0.128.